The molecule has 0 spiro atoms. The number of amides is 1. The van der Waals surface area contributed by atoms with Gasteiger partial charge in [-0.1, -0.05) is 72.8 Å². The van der Waals surface area contributed by atoms with Gasteiger partial charge >= 0.3 is 5.69 Å². The van der Waals surface area contributed by atoms with Gasteiger partial charge in [0.15, 0.2) is 0 Å². The molecule has 8 rings (SSSR count). The second-order valence-electron chi connectivity index (χ2n) is 14.0. The molecule has 1 N–H and O–H groups in total. The fraction of sp³-hybridized carbons (Fsp3) is 0.200. The van der Waals surface area contributed by atoms with Gasteiger partial charge in [0.1, 0.15) is 11.3 Å². The normalized spacial score (nSPS) is 15.8. The van der Waals surface area contributed by atoms with Crippen molar-refractivity contribution in [3.05, 3.63) is 170 Å². The molecule has 0 saturated heterocycles. The van der Waals surface area contributed by atoms with Gasteiger partial charge in [-0.15, -0.1) is 0 Å². The van der Waals surface area contributed by atoms with Gasteiger partial charge in [-0.2, -0.15) is 0 Å². The van der Waals surface area contributed by atoms with E-state index in [2.05, 4.69) is 54.1 Å². The van der Waals surface area contributed by atoms with E-state index in [0.717, 1.165) is 47.6 Å². The zero-order chi connectivity index (χ0) is 38.4. The van der Waals surface area contributed by atoms with Gasteiger partial charge in [-0.25, -0.2) is 9.36 Å². The molecule has 0 radical (unpaired) electrons. The molecular weight excluding hydrogens is 691 g/mol. The molecule has 55 heavy (non-hydrogen) atoms. The Balaban J connectivity index is 1.27. The fourth-order valence-electron chi connectivity index (χ4n) is 8.09. The average Bonchev–Trinajstić information content (AvgIpc) is 3.50. The third-order valence-electron chi connectivity index (χ3n) is 11.0. The van der Waals surface area contributed by atoms with Crippen LogP contribution in [0.1, 0.15) is 51.5 Å². The number of nitrogens with zero attached hydrogens (tertiary/aromatic N) is 5. The highest BCUT2D eigenvalue weighted by Crippen LogP contribution is 2.44. The molecule has 1 aliphatic rings. The third kappa shape index (κ3) is 6.09. The van der Waals surface area contributed by atoms with E-state index >= 15 is 0 Å². The number of aromatic nitrogens is 3. The molecule has 2 aromatic heterocycles. The molecule has 0 aliphatic carbocycles. The van der Waals surface area contributed by atoms with Gasteiger partial charge < -0.3 is 19.3 Å². The van der Waals surface area contributed by atoms with Crippen LogP contribution in [0.3, 0.4) is 0 Å². The molecule has 2 atom stereocenters. The monoisotopic (exact) mass is 731 g/mol. The van der Waals surface area contributed by atoms with Crippen LogP contribution < -0.4 is 16.0 Å². The van der Waals surface area contributed by atoms with Crippen molar-refractivity contribution in [3.63, 3.8) is 0 Å². The number of ether oxygens (including phenoxy) is 1. The van der Waals surface area contributed by atoms with Gasteiger partial charge in [0, 0.05) is 66.2 Å². The summed E-state index contributed by atoms with van der Waals surface area (Å²) in [6.07, 6.45) is 0.660. The van der Waals surface area contributed by atoms with Crippen molar-refractivity contribution in [1.29, 1.82) is 0 Å². The molecule has 0 unspecified atom stereocenters. The minimum absolute atomic E-state index is 0.0513. The van der Waals surface area contributed by atoms with E-state index < -0.39 is 23.2 Å². The summed E-state index contributed by atoms with van der Waals surface area (Å²) in [7, 11) is 5.02. The summed E-state index contributed by atoms with van der Waals surface area (Å²) in [4.78, 5) is 48.9. The van der Waals surface area contributed by atoms with E-state index in [4.69, 9.17) is 9.73 Å². The molecular formula is C45H41N5O5. The lowest BCUT2D eigenvalue weighted by Crippen LogP contribution is -2.44. The topological polar surface area (TPSA) is 111 Å². The number of hydrogen-bond acceptors (Lipinski definition) is 6. The van der Waals surface area contributed by atoms with E-state index in [9.17, 15) is 19.5 Å². The SMILES string of the molecule is COc1ccc(-n2c(=O)c(C(C)=NC[C@H]3c4ccccc4C(=O)N(CCc4ccccc4)[C@@H]3c3ccc4c(c3)c3ccccc3n4C)c(O)n(C)c2=O)cc1. The quantitative estimate of drug-likeness (QED) is 0.162. The molecule has 10 nitrogen and oxygen atoms in total. The number of carbonyl (C=O) groups is 1. The predicted octanol–water partition coefficient (Wildman–Crippen LogP) is 6.93. The minimum Gasteiger partial charge on any atom is -0.497 e. The first kappa shape index (κ1) is 35.4. The molecule has 0 fully saturated rings. The number of benzene rings is 5. The first-order valence-electron chi connectivity index (χ1n) is 18.3. The van der Waals surface area contributed by atoms with Crippen LogP contribution in [0.4, 0.5) is 0 Å². The summed E-state index contributed by atoms with van der Waals surface area (Å²) in [5.74, 6) is -0.263. The standard InChI is InChI=1S/C45H41N5O5/c1-28(40-43(52)48(3)45(54)50(44(40)53)31-19-21-32(55-4)22-20-31)46-27-37-33-14-8-9-16-35(33)42(51)49(25-24-29-12-6-5-7-13-29)41(37)30-18-23-39-36(26-30)34-15-10-11-17-38(34)47(39)2/h5-23,26,37,41,52H,24-25,27H2,1-4H3/t37-,41+/m0/s1. The Bertz CT molecular complexity index is 2740. The lowest BCUT2D eigenvalue weighted by molar-refractivity contribution is 0.0614. The van der Waals surface area contributed by atoms with Crippen LogP contribution >= 0.6 is 0 Å². The van der Waals surface area contributed by atoms with Gasteiger partial charge in [0.25, 0.3) is 11.5 Å². The molecule has 0 saturated carbocycles. The van der Waals surface area contributed by atoms with Gasteiger partial charge in [0.05, 0.1) is 18.8 Å². The van der Waals surface area contributed by atoms with Crippen molar-refractivity contribution in [2.75, 3.05) is 20.2 Å². The summed E-state index contributed by atoms with van der Waals surface area (Å²) in [6.45, 7) is 2.34. The van der Waals surface area contributed by atoms with Crippen LogP contribution in [0.5, 0.6) is 11.6 Å². The van der Waals surface area contributed by atoms with Gasteiger partial charge in [-0.05, 0) is 78.6 Å². The minimum atomic E-state index is -0.693. The molecule has 0 bridgehead atoms. The molecule has 3 heterocycles. The highest BCUT2D eigenvalue weighted by atomic mass is 16.5. The Morgan fingerprint density at radius 1 is 0.782 bits per heavy atom. The smallest absolute Gasteiger partial charge is 0.338 e. The lowest BCUT2D eigenvalue weighted by Gasteiger charge is -2.42. The number of carbonyl (C=O) groups excluding carboxylic acids is 1. The van der Waals surface area contributed by atoms with Crippen molar-refractivity contribution < 1.29 is 14.6 Å². The number of para-hydroxylation sites is 1. The Hall–Kier alpha value is -6.68. The zero-order valence-corrected chi connectivity index (χ0v) is 31.1. The summed E-state index contributed by atoms with van der Waals surface area (Å²) in [5, 5.41) is 13.5. The Morgan fingerprint density at radius 3 is 2.24 bits per heavy atom. The largest absolute Gasteiger partial charge is 0.497 e. The second-order valence-corrected chi connectivity index (χ2v) is 14.0. The van der Waals surface area contributed by atoms with E-state index in [1.807, 2.05) is 59.5 Å². The van der Waals surface area contributed by atoms with Crippen molar-refractivity contribution in [2.24, 2.45) is 19.1 Å². The van der Waals surface area contributed by atoms with Crippen LogP contribution in [0.2, 0.25) is 0 Å². The van der Waals surface area contributed by atoms with Crippen LogP contribution in [0, 0.1) is 0 Å². The van der Waals surface area contributed by atoms with Gasteiger partial charge in [-0.3, -0.25) is 19.1 Å². The number of fused-ring (bicyclic) bond motifs is 4. The van der Waals surface area contributed by atoms with Crippen LogP contribution in [-0.4, -0.2) is 55.5 Å². The number of aliphatic imine (C=N–C) groups is 1. The van der Waals surface area contributed by atoms with Crippen LogP contribution in [0.15, 0.2) is 136 Å². The molecule has 1 amide bonds. The predicted molar refractivity (Wildman–Crippen MR) is 216 cm³/mol. The Kier molecular flexibility index (Phi) is 9.18. The zero-order valence-electron chi connectivity index (χ0n) is 31.1. The number of aromatic hydroxyl groups is 1. The highest BCUT2D eigenvalue weighted by Gasteiger charge is 2.40. The van der Waals surface area contributed by atoms with Crippen molar-refractivity contribution in [2.45, 2.75) is 25.3 Å². The lowest BCUT2D eigenvalue weighted by atomic mass is 9.79. The first-order chi connectivity index (χ1) is 26.7. The average molecular weight is 732 g/mol. The molecule has 5 aromatic carbocycles. The van der Waals surface area contributed by atoms with Crippen LogP contribution in [0.25, 0.3) is 27.5 Å². The molecule has 276 valence electrons. The summed E-state index contributed by atoms with van der Waals surface area (Å²) in [6, 6.07) is 38.7. The van der Waals surface area contributed by atoms with E-state index in [0.29, 0.717) is 30.0 Å². The summed E-state index contributed by atoms with van der Waals surface area (Å²) in [5.41, 5.74) is 4.94. The number of rotatable bonds is 9. The van der Waals surface area contributed by atoms with Gasteiger partial charge in [0.2, 0.25) is 5.88 Å². The molecule has 1 aliphatic heterocycles. The maximum Gasteiger partial charge on any atom is 0.338 e. The number of aryl methyl sites for hydroxylation is 1. The van der Waals surface area contributed by atoms with E-state index in [1.54, 1.807) is 31.2 Å². The Morgan fingerprint density at radius 2 is 1.47 bits per heavy atom. The van der Waals surface area contributed by atoms with Crippen molar-refractivity contribution >= 4 is 33.4 Å². The number of methoxy groups -OCH3 is 1. The molecule has 7 aromatic rings. The summed E-state index contributed by atoms with van der Waals surface area (Å²) >= 11 is 0. The van der Waals surface area contributed by atoms with Crippen molar-refractivity contribution in [1.82, 2.24) is 18.6 Å². The maximum absolute atomic E-state index is 14.5. The molecule has 10 heteroatoms. The highest BCUT2D eigenvalue weighted by molar-refractivity contribution is 6.08. The maximum atomic E-state index is 14.5. The Labute approximate surface area is 317 Å². The second kappa shape index (κ2) is 14.3. The van der Waals surface area contributed by atoms with Crippen LogP contribution in [-0.2, 0) is 20.5 Å². The van der Waals surface area contributed by atoms with E-state index in [-0.39, 0.29) is 29.6 Å². The third-order valence-corrected chi connectivity index (χ3v) is 11.0. The van der Waals surface area contributed by atoms with E-state index in [1.165, 1.54) is 14.2 Å². The fourth-order valence-corrected chi connectivity index (χ4v) is 8.09. The summed E-state index contributed by atoms with van der Waals surface area (Å²) < 4.78 is 9.52. The first-order valence-corrected chi connectivity index (χ1v) is 18.3. The van der Waals surface area contributed by atoms with Crippen molar-refractivity contribution in [3.8, 4) is 17.3 Å². The number of hydrogen-bond donors (Lipinski definition) is 1.